The molecule has 0 atom stereocenters. The summed E-state index contributed by atoms with van der Waals surface area (Å²) in [6.45, 7) is 0. The summed E-state index contributed by atoms with van der Waals surface area (Å²) >= 11 is 8.68. The number of hydrogen-bond acceptors (Lipinski definition) is 2. The van der Waals surface area contributed by atoms with Gasteiger partial charge in [0.05, 0.1) is 5.88 Å². The van der Waals surface area contributed by atoms with Crippen molar-refractivity contribution in [2.75, 3.05) is 5.88 Å². The van der Waals surface area contributed by atoms with Crippen LogP contribution in [0.15, 0.2) is 18.2 Å². The predicted molar refractivity (Wildman–Crippen MR) is 60.2 cm³/mol. The summed E-state index contributed by atoms with van der Waals surface area (Å²) in [4.78, 5) is 11.1. The zero-order chi connectivity index (χ0) is 10.6. The van der Waals surface area contributed by atoms with Crippen LogP contribution < -0.4 is 0 Å². The zero-order valence-corrected chi connectivity index (χ0v) is 9.81. The van der Waals surface area contributed by atoms with E-state index in [-0.39, 0.29) is 23.8 Å². The van der Waals surface area contributed by atoms with Gasteiger partial charge in [0.2, 0.25) is 0 Å². The van der Waals surface area contributed by atoms with Crippen molar-refractivity contribution in [2.45, 2.75) is 11.8 Å². The largest absolute Gasteiger partial charge is 0.508 e. The average molecular weight is 278 g/mol. The maximum Gasteiger partial charge on any atom is 0.151 e. The SMILES string of the molecule is O=C(CCl)Cc1cc(O)cc(CBr)c1. The highest BCUT2D eigenvalue weighted by Gasteiger charge is 2.04. The van der Waals surface area contributed by atoms with Crippen molar-refractivity contribution in [3.8, 4) is 5.75 Å². The molecule has 1 aromatic rings. The Hall–Kier alpha value is -0.540. The van der Waals surface area contributed by atoms with E-state index in [1.54, 1.807) is 12.1 Å². The van der Waals surface area contributed by atoms with Crippen molar-refractivity contribution in [3.63, 3.8) is 0 Å². The summed E-state index contributed by atoms with van der Waals surface area (Å²) in [6.07, 6.45) is 0.276. The first kappa shape index (κ1) is 11.5. The molecule has 0 aliphatic heterocycles. The fourth-order valence-corrected chi connectivity index (χ4v) is 1.62. The van der Waals surface area contributed by atoms with Crippen LogP contribution in [0.5, 0.6) is 5.75 Å². The number of aromatic hydroxyl groups is 1. The van der Waals surface area contributed by atoms with Gasteiger partial charge in [0.25, 0.3) is 0 Å². The molecule has 4 heteroatoms. The minimum atomic E-state index is -0.0437. The lowest BCUT2D eigenvalue weighted by molar-refractivity contribution is -0.116. The van der Waals surface area contributed by atoms with Crippen LogP contribution in [0.1, 0.15) is 11.1 Å². The van der Waals surface area contributed by atoms with Crippen LogP contribution in [0.25, 0.3) is 0 Å². The molecular formula is C10H10BrClO2. The molecule has 2 nitrogen and oxygen atoms in total. The van der Waals surface area contributed by atoms with Gasteiger partial charge in [-0.25, -0.2) is 0 Å². The number of hydrogen-bond donors (Lipinski definition) is 1. The summed E-state index contributed by atoms with van der Waals surface area (Å²) in [5, 5.41) is 10.0. The summed E-state index contributed by atoms with van der Waals surface area (Å²) in [7, 11) is 0. The highest BCUT2D eigenvalue weighted by Crippen LogP contribution is 2.18. The number of phenols is 1. The number of benzene rings is 1. The molecule has 0 bridgehead atoms. The average Bonchev–Trinajstić information content (AvgIpc) is 2.16. The molecule has 0 aliphatic carbocycles. The summed E-state index contributed by atoms with van der Waals surface area (Å²) in [5.74, 6) is 0.149. The number of phenolic OH excluding ortho intramolecular Hbond substituents is 1. The van der Waals surface area contributed by atoms with Gasteiger partial charge in [-0.15, -0.1) is 11.6 Å². The maximum absolute atomic E-state index is 11.1. The van der Waals surface area contributed by atoms with Crippen molar-refractivity contribution >= 4 is 33.3 Å². The van der Waals surface area contributed by atoms with Gasteiger partial charge in [0.1, 0.15) is 5.75 Å². The molecule has 14 heavy (non-hydrogen) atoms. The molecule has 1 rings (SSSR count). The van der Waals surface area contributed by atoms with E-state index in [1.807, 2.05) is 6.07 Å². The van der Waals surface area contributed by atoms with Crippen LogP contribution in [-0.2, 0) is 16.5 Å². The Kier molecular flexibility index (Phi) is 4.42. The number of carbonyl (C=O) groups excluding carboxylic acids is 1. The molecule has 0 aromatic heterocycles. The first-order valence-electron chi connectivity index (χ1n) is 4.11. The second kappa shape index (κ2) is 5.37. The normalized spacial score (nSPS) is 10.1. The molecule has 0 saturated heterocycles. The fourth-order valence-electron chi connectivity index (χ4n) is 1.20. The number of alkyl halides is 2. The van der Waals surface area contributed by atoms with E-state index >= 15 is 0 Å². The van der Waals surface area contributed by atoms with Crippen LogP contribution >= 0.6 is 27.5 Å². The highest BCUT2D eigenvalue weighted by atomic mass is 79.9. The molecule has 0 radical (unpaired) electrons. The van der Waals surface area contributed by atoms with Crippen molar-refractivity contribution in [1.29, 1.82) is 0 Å². The number of carbonyl (C=O) groups is 1. The lowest BCUT2D eigenvalue weighted by Crippen LogP contribution is -2.03. The Balaban J connectivity index is 2.86. The maximum atomic E-state index is 11.1. The molecule has 0 unspecified atom stereocenters. The van der Waals surface area contributed by atoms with Gasteiger partial charge < -0.3 is 5.11 Å². The summed E-state index contributed by atoms with van der Waals surface area (Å²) in [5.41, 5.74) is 1.74. The topological polar surface area (TPSA) is 37.3 Å². The van der Waals surface area contributed by atoms with E-state index in [9.17, 15) is 9.90 Å². The Labute approximate surface area is 96.0 Å². The highest BCUT2D eigenvalue weighted by molar-refractivity contribution is 9.08. The quantitative estimate of drug-likeness (QED) is 0.859. The Morgan fingerprint density at radius 1 is 1.36 bits per heavy atom. The second-order valence-corrected chi connectivity index (χ2v) is 3.82. The molecular weight excluding hydrogens is 267 g/mol. The minimum absolute atomic E-state index is 0.0132. The van der Waals surface area contributed by atoms with Crippen molar-refractivity contribution in [3.05, 3.63) is 29.3 Å². The van der Waals surface area contributed by atoms with E-state index in [2.05, 4.69) is 15.9 Å². The second-order valence-electron chi connectivity index (χ2n) is 2.99. The number of Topliss-reactive ketones (excluding diaryl/α,β-unsaturated/α-hetero) is 1. The summed E-state index contributed by atoms with van der Waals surface area (Å²) < 4.78 is 0. The van der Waals surface area contributed by atoms with Gasteiger partial charge in [0, 0.05) is 11.8 Å². The molecule has 0 heterocycles. The Morgan fingerprint density at radius 2 is 2.00 bits per heavy atom. The number of halogens is 2. The predicted octanol–water partition coefficient (Wildman–Crippen LogP) is 2.64. The molecule has 0 spiro atoms. The third-order valence-corrected chi connectivity index (χ3v) is 2.69. The Bertz CT molecular complexity index is 339. The van der Waals surface area contributed by atoms with Gasteiger partial charge in [-0.2, -0.15) is 0 Å². The molecule has 1 N–H and O–H groups in total. The first-order chi connectivity index (χ1) is 6.65. The van der Waals surface area contributed by atoms with Gasteiger partial charge in [0.15, 0.2) is 5.78 Å². The lowest BCUT2D eigenvalue weighted by atomic mass is 10.1. The van der Waals surface area contributed by atoms with Crippen LogP contribution in [0.2, 0.25) is 0 Å². The third-order valence-electron chi connectivity index (χ3n) is 1.74. The molecule has 1 aromatic carbocycles. The minimum Gasteiger partial charge on any atom is -0.508 e. The standard InChI is InChI=1S/C10H10BrClO2/c11-5-8-1-7(2-9(13)4-8)3-10(14)6-12/h1-2,4,13H,3,5-6H2. The first-order valence-corrected chi connectivity index (χ1v) is 5.76. The van der Waals surface area contributed by atoms with Gasteiger partial charge >= 0.3 is 0 Å². The molecule has 0 fully saturated rings. The fraction of sp³-hybridized carbons (Fsp3) is 0.300. The molecule has 0 amide bonds. The lowest BCUT2D eigenvalue weighted by Gasteiger charge is -2.03. The zero-order valence-electron chi connectivity index (χ0n) is 7.46. The van der Waals surface area contributed by atoms with E-state index in [0.717, 1.165) is 11.1 Å². The smallest absolute Gasteiger partial charge is 0.151 e. The van der Waals surface area contributed by atoms with Gasteiger partial charge in [-0.3, -0.25) is 4.79 Å². The van der Waals surface area contributed by atoms with Crippen LogP contribution in [0, 0.1) is 0 Å². The monoisotopic (exact) mass is 276 g/mol. The van der Waals surface area contributed by atoms with Crippen molar-refractivity contribution in [2.24, 2.45) is 0 Å². The Morgan fingerprint density at radius 3 is 2.57 bits per heavy atom. The van der Waals surface area contributed by atoms with E-state index in [0.29, 0.717) is 5.33 Å². The van der Waals surface area contributed by atoms with Gasteiger partial charge in [-0.05, 0) is 23.3 Å². The van der Waals surface area contributed by atoms with E-state index in [4.69, 9.17) is 11.6 Å². The number of rotatable bonds is 4. The van der Waals surface area contributed by atoms with E-state index in [1.165, 1.54) is 0 Å². The third kappa shape index (κ3) is 3.31. The molecule has 76 valence electrons. The van der Waals surface area contributed by atoms with Crippen LogP contribution in [0.3, 0.4) is 0 Å². The summed E-state index contributed by atoms with van der Waals surface area (Å²) in [6, 6.07) is 5.11. The van der Waals surface area contributed by atoms with Crippen molar-refractivity contribution in [1.82, 2.24) is 0 Å². The van der Waals surface area contributed by atoms with E-state index < -0.39 is 0 Å². The number of ketones is 1. The molecule has 0 aliphatic rings. The van der Waals surface area contributed by atoms with Crippen molar-refractivity contribution < 1.29 is 9.90 Å². The van der Waals surface area contributed by atoms with Crippen LogP contribution in [-0.4, -0.2) is 16.8 Å². The van der Waals surface area contributed by atoms with Crippen LogP contribution in [0.4, 0.5) is 0 Å². The molecule has 0 saturated carbocycles. The van der Waals surface area contributed by atoms with Gasteiger partial charge in [-0.1, -0.05) is 22.0 Å².